The molecule has 1 aliphatic rings. The third-order valence-corrected chi connectivity index (χ3v) is 4.16. The number of carbonyl (C=O) groups is 1. The fraction of sp³-hybridized carbons (Fsp3) is 0.400. The standard InChI is InChI=1S/C15H17N7O2/c1-10-16-14(19-24-10)9-21-4-6-22(7-5-21)15(23)11-2-3-12-13(8-11)18-20-17-12/h2-3,8H,4-7,9H2,1H3,(H,17,18,20). The van der Waals surface area contributed by atoms with Crippen LogP contribution in [0, 0.1) is 6.92 Å². The van der Waals surface area contributed by atoms with Gasteiger partial charge in [-0.05, 0) is 18.2 Å². The fourth-order valence-electron chi connectivity index (χ4n) is 2.87. The van der Waals surface area contributed by atoms with Crippen molar-refractivity contribution in [3.05, 3.63) is 35.5 Å². The van der Waals surface area contributed by atoms with Gasteiger partial charge in [0.15, 0.2) is 5.82 Å². The van der Waals surface area contributed by atoms with Gasteiger partial charge in [0.1, 0.15) is 11.0 Å². The van der Waals surface area contributed by atoms with Crippen molar-refractivity contribution >= 4 is 16.9 Å². The molecule has 1 saturated heterocycles. The van der Waals surface area contributed by atoms with Crippen molar-refractivity contribution in [3.8, 4) is 0 Å². The summed E-state index contributed by atoms with van der Waals surface area (Å²) in [7, 11) is 0. The first-order valence-electron chi connectivity index (χ1n) is 7.80. The molecular weight excluding hydrogens is 310 g/mol. The summed E-state index contributed by atoms with van der Waals surface area (Å²) in [6.07, 6.45) is 0. The summed E-state index contributed by atoms with van der Waals surface area (Å²) in [4.78, 5) is 20.9. The van der Waals surface area contributed by atoms with E-state index < -0.39 is 0 Å². The van der Waals surface area contributed by atoms with Crippen molar-refractivity contribution in [1.82, 2.24) is 35.4 Å². The molecule has 1 amide bonds. The number of nitrogens with one attached hydrogen (secondary N) is 1. The normalized spacial score (nSPS) is 16.0. The molecule has 3 aromatic rings. The zero-order chi connectivity index (χ0) is 16.5. The molecule has 24 heavy (non-hydrogen) atoms. The van der Waals surface area contributed by atoms with Crippen LogP contribution in [0.5, 0.6) is 0 Å². The van der Waals surface area contributed by atoms with Crippen LogP contribution >= 0.6 is 0 Å². The summed E-state index contributed by atoms with van der Waals surface area (Å²) < 4.78 is 4.99. The number of nitrogens with zero attached hydrogens (tertiary/aromatic N) is 6. The van der Waals surface area contributed by atoms with Gasteiger partial charge in [-0.1, -0.05) is 5.16 Å². The molecule has 0 atom stereocenters. The van der Waals surface area contributed by atoms with E-state index in [9.17, 15) is 4.79 Å². The lowest BCUT2D eigenvalue weighted by atomic mass is 10.1. The van der Waals surface area contributed by atoms with E-state index in [0.717, 1.165) is 18.6 Å². The molecular formula is C15H17N7O2. The number of aromatic amines is 1. The fourth-order valence-corrected chi connectivity index (χ4v) is 2.87. The van der Waals surface area contributed by atoms with E-state index in [1.54, 1.807) is 25.1 Å². The van der Waals surface area contributed by atoms with E-state index in [1.165, 1.54) is 0 Å². The van der Waals surface area contributed by atoms with Gasteiger partial charge in [-0.15, -0.1) is 0 Å². The van der Waals surface area contributed by atoms with Crippen LogP contribution in [-0.4, -0.2) is 67.4 Å². The number of rotatable bonds is 3. The molecule has 0 bridgehead atoms. The number of fused-ring (bicyclic) bond motifs is 1. The maximum Gasteiger partial charge on any atom is 0.254 e. The molecule has 0 radical (unpaired) electrons. The number of piperazine rings is 1. The summed E-state index contributed by atoms with van der Waals surface area (Å²) in [5, 5.41) is 14.5. The number of hydrogen-bond donors (Lipinski definition) is 1. The molecule has 124 valence electrons. The number of H-pyrrole nitrogens is 1. The lowest BCUT2D eigenvalue weighted by Crippen LogP contribution is -2.48. The van der Waals surface area contributed by atoms with Crippen molar-refractivity contribution in [1.29, 1.82) is 0 Å². The second-order valence-electron chi connectivity index (χ2n) is 5.83. The lowest BCUT2D eigenvalue weighted by molar-refractivity contribution is 0.0624. The molecule has 1 aromatic carbocycles. The van der Waals surface area contributed by atoms with Gasteiger partial charge in [0.25, 0.3) is 5.91 Å². The summed E-state index contributed by atoms with van der Waals surface area (Å²) >= 11 is 0. The van der Waals surface area contributed by atoms with E-state index >= 15 is 0 Å². The molecule has 9 nitrogen and oxygen atoms in total. The molecule has 1 fully saturated rings. The predicted molar refractivity (Wildman–Crippen MR) is 84.1 cm³/mol. The SMILES string of the molecule is Cc1nc(CN2CCN(C(=O)c3ccc4n[nH]nc4c3)CC2)no1. The first-order valence-corrected chi connectivity index (χ1v) is 7.80. The summed E-state index contributed by atoms with van der Waals surface area (Å²) in [6.45, 7) is 5.33. The van der Waals surface area contributed by atoms with Crippen LogP contribution in [0.2, 0.25) is 0 Å². The number of benzene rings is 1. The minimum Gasteiger partial charge on any atom is -0.340 e. The van der Waals surface area contributed by atoms with Gasteiger partial charge in [-0.2, -0.15) is 20.4 Å². The Balaban J connectivity index is 1.38. The van der Waals surface area contributed by atoms with E-state index in [4.69, 9.17) is 4.52 Å². The van der Waals surface area contributed by atoms with Gasteiger partial charge < -0.3 is 9.42 Å². The molecule has 0 unspecified atom stereocenters. The van der Waals surface area contributed by atoms with E-state index in [0.29, 0.717) is 42.4 Å². The Labute approximate surface area is 137 Å². The van der Waals surface area contributed by atoms with Crippen LogP contribution in [0.4, 0.5) is 0 Å². The van der Waals surface area contributed by atoms with Crippen LogP contribution in [0.25, 0.3) is 11.0 Å². The van der Waals surface area contributed by atoms with Crippen LogP contribution in [-0.2, 0) is 6.54 Å². The number of aryl methyl sites for hydroxylation is 1. The molecule has 0 spiro atoms. The van der Waals surface area contributed by atoms with E-state index in [1.807, 2.05) is 4.90 Å². The number of aromatic nitrogens is 5. The molecule has 0 aliphatic carbocycles. The second kappa shape index (κ2) is 6.00. The monoisotopic (exact) mass is 327 g/mol. The predicted octanol–water partition coefficient (Wildman–Crippen LogP) is 0.607. The molecule has 2 aromatic heterocycles. The van der Waals surface area contributed by atoms with Crippen molar-refractivity contribution in [2.75, 3.05) is 26.2 Å². The van der Waals surface area contributed by atoms with Crippen LogP contribution < -0.4 is 0 Å². The highest BCUT2D eigenvalue weighted by atomic mass is 16.5. The quantitative estimate of drug-likeness (QED) is 0.751. The van der Waals surface area contributed by atoms with Gasteiger partial charge in [0, 0.05) is 38.7 Å². The van der Waals surface area contributed by atoms with E-state index in [-0.39, 0.29) is 5.91 Å². The second-order valence-corrected chi connectivity index (χ2v) is 5.83. The maximum atomic E-state index is 12.6. The minimum absolute atomic E-state index is 0.0231. The first-order chi connectivity index (χ1) is 11.7. The van der Waals surface area contributed by atoms with Gasteiger partial charge in [0.2, 0.25) is 5.89 Å². The molecule has 1 N–H and O–H groups in total. The largest absolute Gasteiger partial charge is 0.340 e. The third-order valence-electron chi connectivity index (χ3n) is 4.16. The Kier molecular flexibility index (Phi) is 3.69. The number of carbonyl (C=O) groups excluding carboxylic acids is 1. The van der Waals surface area contributed by atoms with Crippen molar-refractivity contribution in [2.45, 2.75) is 13.5 Å². The van der Waals surface area contributed by atoms with Crippen molar-refractivity contribution in [3.63, 3.8) is 0 Å². The van der Waals surface area contributed by atoms with Crippen molar-refractivity contribution in [2.24, 2.45) is 0 Å². The Morgan fingerprint density at radius 1 is 1.21 bits per heavy atom. The smallest absolute Gasteiger partial charge is 0.254 e. The van der Waals surface area contributed by atoms with Crippen LogP contribution in [0.3, 0.4) is 0 Å². The highest BCUT2D eigenvalue weighted by Gasteiger charge is 2.23. The zero-order valence-corrected chi connectivity index (χ0v) is 13.3. The molecule has 3 heterocycles. The zero-order valence-electron chi connectivity index (χ0n) is 13.3. The highest BCUT2D eigenvalue weighted by molar-refractivity contribution is 5.97. The van der Waals surface area contributed by atoms with Gasteiger partial charge in [-0.25, -0.2) is 0 Å². The average Bonchev–Trinajstić information content (AvgIpc) is 3.23. The summed E-state index contributed by atoms with van der Waals surface area (Å²) in [5.74, 6) is 1.28. The third kappa shape index (κ3) is 2.85. The molecule has 4 rings (SSSR count). The Morgan fingerprint density at radius 2 is 2.00 bits per heavy atom. The highest BCUT2D eigenvalue weighted by Crippen LogP contribution is 2.14. The van der Waals surface area contributed by atoms with Gasteiger partial charge >= 0.3 is 0 Å². The topological polar surface area (TPSA) is 104 Å². The number of hydrogen-bond acceptors (Lipinski definition) is 7. The Hall–Kier alpha value is -2.81. The Morgan fingerprint density at radius 3 is 2.75 bits per heavy atom. The van der Waals surface area contributed by atoms with Crippen LogP contribution in [0.15, 0.2) is 22.7 Å². The maximum absolute atomic E-state index is 12.6. The lowest BCUT2D eigenvalue weighted by Gasteiger charge is -2.34. The first kappa shape index (κ1) is 14.8. The summed E-state index contributed by atoms with van der Waals surface area (Å²) in [5.41, 5.74) is 2.09. The molecule has 0 saturated carbocycles. The number of amides is 1. The Bertz CT molecular complexity index is 863. The molecule has 1 aliphatic heterocycles. The average molecular weight is 327 g/mol. The summed E-state index contributed by atoms with van der Waals surface area (Å²) in [6, 6.07) is 5.37. The minimum atomic E-state index is 0.0231. The van der Waals surface area contributed by atoms with Crippen LogP contribution in [0.1, 0.15) is 22.1 Å². The van der Waals surface area contributed by atoms with Crippen molar-refractivity contribution < 1.29 is 9.32 Å². The van der Waals surface area contributed by atoms with Gasteiger partial charge in [0.05, 0.1) is 6.54 Å². The molecule has 9 heteroatoms. The van der Waals surface area contributed by atoms with E-state index in [2.05, 4.69) is 30.5 Å². The van der Waals surface area contributed by atoms with Gasteiger partial charge in [-0.3, -0.25) is 9.69 Å².